The maximum absolute atomic E-state index is 12.9. The third-order valence-corrected chi connectivity index (χ3v) is 1.88. The minimum absolute atomic E-state index is 0.0681. The second-order valence-corrected chi connectivity index (χ2v) is 3.25. The molecule has 3 nitrogen and oxygen atoms in total. The van der Waals surface area contributed by atoms with Gasteiger partial charge in [-0.05, 0) is 18.2 Å². The molecule has 1 aromatic rings. The van der Waals surface area contributed by atoms with Crippen LogP contribution in [0, 0.1) is 17.1 Å². The Morgan fingerprint density at radius 2 is 2.06 bits per heavy atom. The summed E-state index contributed by atoms with van der Waals surface area (Å²) in [4.78, 5) is 0. The van der Waals surface area contributed by atoms with E-state index in [1.54, 1.807) is 6.07 Å². The fourth-order valence-corrected chi connectivity index (χ4v) is 1.06. The Bertz CT molecular complexity index is 412. The van der Waals surface area contributed by atoms with Crippen LogP contribution in [0.4, 0.5) is 18.9 Å². The summed E-state index contributed by atoms with van der Waals surface area (Å²) in [7, 11) is 0. The van der Waals surface area contributed by atoms with Crippen molar-refractivity contribution in [2.45, 2.75) is 5.92 Å². The van der Waals surface area contributed by atoms with E-state index in [1.165, 1.54) is 6.07 Å². The van der Waals surface area contributed by atoms with Gasteiger partial charge in [0.2, 0.25) is 0 Å². The molecule has 16 heavy (non-hydrogen) atoms. The van der Waals surface area contributed by atoms with Crippen LogP contribution in [0.25, 0.3) is 0 Å². The molecule has 0 aliphatic heterocycles. The molecule has 0 aliphatic rings. The van der Waals surface area contributed by atoms with Crippen molar-refractivity contribution in [3.05, 3.63) is 29.6 Å². The summed E-state index contributed by atoms with van der Waals surface area (Å²) >= 11 is 0. The average Bonchev–Trinajstić information content (AvgIpc) is 2.26. The van der Waals surface area contributed by atoms with Gasteiger partial charge in [-0.2, -0.15) is 5.26 Å². The van der Waals surface area contributed by atoms with Gasteiger partial charge in [-0.15, -0.1) is 0 Å². The van der Waals surface area contributed by atoms with E-state index in [0.717, 1.165) is 12.1 Å². The van der Waals surface area contributed by atoms with E-state index in [2.05, 4.69) is 5.32 Å². The third-order valence-electron chi connectivity index (χ3n) is 1.88. The molecule has 0 fully saturated rings. The van der Waals surface area contributed by atoms with Crippen LogP contribution in [0.2, 0.25) is 0 Å². The average molecular weight is 229 g/mol. The number of anilines is 1. The SMILES string of the molecule is N#Cc1cc(F)cc(NCC(F)(F)CN)c1. The van der Waals surface area contributed by atoms with Gasteiger partial charge in [0, 0.05) is 5.69 Å². The second-order valence-electron chi connectivity index (χ2n) is 3.25. The number of nitrogens with zero attached hydrogens (tertiary/aromatic N) is 1. The van der Waals surface area contributed by atoms with Gasteiger partial charge in [-0.1, -0.05) is 0 Å². The first kappa shape index (κ1) is 12.3. The quantitative estimate of drug-likeness (QED) is 0.826. The standard InChI is InChI=1S/C10H10F3N3/c11-8-1-7(4-14)2-9(3-8)16-6-10(12,13)5-15/h1-3,16H,5-6,15H2. The Morgan fingerprint density at radius 1 is 1.38 bits per heavy atom. The van der Waals surface area contributed by atoms with Gasteiger partial charge in [-0.3, -0.25) is 0 Å². The zero-order chi connectivity index (χ0) is 12.2. The van der Waals surface area contributed by atoms with Gasteiger partial charge in [-0.25, -0.2) is 13.2 Å². The van der Waals surface area contributed by atoms with E-state index in [9.17, 15) is 13.2 Å². The number of alkyl halides is 2. The minimum Gasteiger partial charge on any atom is -0.379 e. The van der Waals surface area contributed by atoms with Gasteiger partial charge in [0.1, 0.15) is 5.82 Å². The summed E-state index contributed by atoms with van der Waals surface area (Å²) in [5.74, 6) is -3.71. The maximum atomic E-state index is 12.9. The Balaban J connectivity index is 2.75. The molecular weight excluding hydrogens is 219 g/mol. The lowest BCUT2D eigenvalue weighted by Crippen LogP contribution is -2.35. The summed E-state index contributed by atoms with van der Waals surface area (Å²) in [5, 5.41) is 10.9. The van der Waals surface area contributed by atoms with Crippen molar-refractivity contribution in [3.8, 4) is 6.07 Å². The lowest BCUT2D eigenvalue weighted by atomic mass is 10.2. The fraction of sp³-hybridized carbons (Fsp3) is 0.300. The zero-order valence-corrected chi connectivity index (χ0v) is 8.30. The molecule has 0 radical (unpaired) electrons. The van der Waals surface area contributed by atoms with E-state index in [0.29, 0.717) is 0 Å². The first-order valence-corrected chi connectivity index (χ1v) is 4.49. The molecule has 3 N–H and O–H groups in total. The van der Waals surface area contributed by atoms with Crippen LogP contribution >= 0.6 is 0 Å². The molecule has 0 amide bonds. The molecule has 0 atom stereocenters. The Morgan fingerprint density at radius 3 is 2.62 bits per heavy atom. The lowest BCUT2D eigenvalue weighted by Gasteiger charge is -2.15. The van der Waals surface area contributed by atoms with Crippen molar-refractivity contribution in [1.29, 1.82) is 5.26 Å². The first-order chi connectivity index (χ1) is 7.46. The van der Waals surface area contributed by atoms with Crippen LogP contribution in [0.1, 0.15) is 5.56 Å². The third kappa shape index (κ3) is 3.44. The normalized spacial score (nSPS) is 10.9. The molecule has 1 aromatic carbocycles. The Kier molecular flexibility index (Phi) is 3.74. The number of halogens is 3. The van der Waals surface area contributed by atoms with Crippen molar-refractivity contribution in [3.63, 3.8) is 0 Å². The second kappa shape index (κ2) is 4.86. The van der Waals surface area contributed by atoms with Crippen molar-refractivity contribution in [2.24, 2.45) is 5.73 Å². The summed E-state index contributed by atoms with van der Waals surface area (Å²) in [6.07, 6.45) is 0. The number of benzene rings is 1. The minimum atomic E-state index is -3.06. The molecule has 0 saturated heterocycles. The van der Waals surface area contributed by atoms with Gasteiger partial charge < -0.3 is 11.1 Å². The highest BCUT2D eigenvalue weighted by molar-refractivity contribution is 5.49. The van der Waals surface area contributed by atoms with Gasteiger partial charge >= 0.3 is 0 Å². The zero-order valence-electron chi connectivity index (χ0n) is 8.30. The molecule has 0 unspecified atom stereocenters. The number of hydrogen-bond acceptors (Lipinski definition) is 3. The van der Waals surface area contributed by atoms with E-state index in [1.807, 2.05) is 0 Å². The van der Waals surface area contributed by atoms with Crippen LogP contribution in [-0.2, 0) is 0 Å². The largest absolute Gasteiger partial charge is 0.379 e. The van der Waals surface area contributed by atoms with Crippen molar-refractivity contribution >= 4 is 5.69 Å². The molecule has 0 heterocycles. The van der Waals surface area contributed by atoms with E-state index < -0.39 is 24.8 Å². The number of nitrogens with one attached hydrogen (secondary N) is 1. The molecule has 1 rings (SSSR count). The molecule has 0 aliphatic carbocycles. The number of rotatable bonds is 4. The highest BCUT2D eigenvalue weighted by atomic mass is 19.3. The van der Waals surface area contributed by atoms with Gasteiger partial charge in [0.25, 0.3) is 5.92 Å². The molecular formula is C10H10F3N3. The number of nitrogens with two attached hydrogens (primary N) is 1. The van der Waals surface area contributed by atoms with E-state index in [-0.39, 0.29) is 11.3 Å². The molecule has 0 spiro atoms. The monoisotopic (exact) mass is 229 g/mol. The Labute approximate surface area is 90.7 Å². The number of nitriles is 1. The molecule has 86 valence electrons. The van der Waals surface area contributed by atoms with Crippen LogP contribution in [0.5, 0.6) is 0 Å². The summed E-state index contributed by atoms with van der Waals surface area (Å²) < 4.78 is 38.5. The fourth-order valence-electron chi connectivity index (χ4n) is 1.06. The van der Waals surface area contributed by atoms with Gasteiger partial charge in [0.05, 0.1) is 24.7 Å². The van der Waals surface area contributed by atoms with Crippen LogP contribution in [-0.4, -0.2) is 19.0 Å². The summed E-state index contributed by atoms with van der Waals surface area (Å²) in [6, 6.07) is 5.07. The van der Waals surface area contributed by atoms with Gasteiger partial charge in [0.15, 0.2) is 0 Å². The van der Waals surface area contributed by atoms with E-state index in [4.69, 9.17) is 11.0 Å². The van der Waals surface area contributed by atoms with Crippen molar-refractivity contribution < 1.29 is 13.2 Å². The molecule has 0 saturated carbocycles. The maximum Gasteiger partial charge on any atom is 0.276 e. The highest BCUT2D eigenvalue weighted by Gasteiger charge is 2.26. The van der Waals surface area contributed by atoms with Crippen molar-refractivity contribution in [2.75, 3.05) is 18.4 Å². The predicted molar refractivity (Wildman–Crippen MR) is 53.6 cm³/mol. The molecule has 6 heteroatoms. The number of hydrogen-bond donors (Lipinski definition) is 2. The Hall–Kier alpha value is -1.74. The predicted octanol–water partition coefficient (Wildman–Crippen LogP) is 1.70. The van der Waals surface area contributed by atoms with Crippen LogP contribution < -0.4 is 11.1 Å². The van der Waals surface area contributed by atoms with Crippen LogP contribution in [0.15, 0.2) is 18.2 Å². The smallest absolute Gasteiger partial charge is 0.276 e. The van der Waals surface area contributed by atoms with Crippen molar-refractivity contribution in [1.82, 2.24) is 0 Å². The molecule has 0 bridgehead atoms. The summed E-state index contributed by atoms with van der Waals surface area (Å²) in [6.45, 7) is -1.49. The highest BCUT2D eigenvalue weighted by Crippen LogP contribution is 2.16. The first-order valence-electron chi connectivity index (χ1n) is 4.49. The molecule has 0 aromatic heterocycles. The van der Waals surface area contributed by atoms with Crippen LogP contribution in [0.3, 0.4) is 0 Å². The van der Waals surface area contributed by atoms with E-state index >= 15 is 0 Å². The summed E-state index contributed by atoms with van der Waals surface area (Å²) in [5.41, 5.74) is 5.04. The lowest BCUT2D eigenvalue weighted by molar-refractivity contribution is 0.0254. The topological polar surface area (TPSA) is 61.8 Å².